The number of piperazine rings is 1. The number of pyridine rings is 1. The normalized spacial score (nSPS) is 15.1. The second-order valence-electron chi connectivity index (χ2n) is 7.96. The molecule has 0 N–H and O–H groups in total. The molecule has 2 aromatic carbocycles. The molecule has 0 atom stereocenters. The van der Waals surface area contributed by atoms with E-state index in [0.717, 1.165) is 38.5 Å². The lowest BCUT2D eigenvalue weighted by Crippen LogP contribution is -2.46. The minimum Gasteiger partial charge on any atom is -0.354 e. The van der Waals surface area contributed by atoms with Crippen molar-refractivity contribution in [3.05, 3.63) is 90.6 Å². The maximum atomic E-state index is 13.2. The molecule has 0 bridgehead atoms. The lowest BCUT2D eigenvalue weighted by Gasteiger charge is -2.35. The Balaban J connectivity index is 1.35. The quantitative estimate of drug-likeness (QED) is 0.504. The van der Waals surface area contributed by atoms with Gasteiger partial charge in [-0.1, -0.05) is 60.7 Å². The molecule has 0 amide bonds. The Hall–Kier alpha value is -3.16. The van der Waals surface area contributed by atoms with E-state index < -0.39 is 10.0 Å². The van der Waals surface area contributed by atoms with Crippen LogP contribution in [0.1, 0.15) is 12.5 Å². The van der Waals surface area contributed by atoms with E-state index in [0.29, 0.717) is 12.2 Å². The molecule has 1 aliphatic rings. The molecule has 3 aromatic rings. The van der Waals surface area contributed by atoms with E-state index in [9.17, 15) is 8.42 Å². The Labute approximate surface area is 196 Å². The van der Waals surface area contributed by atoms with Crippen molar-refractivity contribution in [2.45, 2.75) is 11.8 Å². The Morgan fingerprint density at radius 1 is 0.909 bits per heavy atom. The maximum absolute atomic E-state index is 13.2. The maximum Gasteiger partial charge on any atom is 0.265 e. The summed E-state index contributed by atoms with van der Waals surface area (Å²) in [5, 5.41) is 0. The van der Waals surface area contributed by atoms with Crippen molar-refractivity contribution in [1.29, 1.82) is 0 Å². The summed E-state index contributed by atoms with van der Waals surface area (Å²) in [5.41, 5.74) is 1.87. The fraction of sp³-hybridized carbons (Fsp3) is 0.269. The monoisotopic (exact) mass is 462 g/mol. The first kappa shape index (κ1) is 23.0. The number of rotatable bonds is 8. The fourth-order valence-electron chi connectivity index (χ4n) is 3.99. The van der Waals surface area contributed by atoms with E-state index in [1.165, 1.54) is 16.1 Å². The van der Waals surface area contributed by atoms with Gasteiger partial charge in [-0.05, 0) is 36.8 Å². The Kier molecular flexibility index (Phi) is 7.42. The summed E-state index contributed by atoms with van der Waals surface area (Å²) in [6, 6.07) is 23.0. The minimum absolute atomic E-state index is 0.210. The number of hydrogen-bond donors (Lipinski definition) is 0. The van der Waals surface area contributed by atoms with Crippen molar-refractivity contribution in [2.24, 2.45) is 0 Å². The van der Waals surface area contributed by atoms with Crippen molar-refractivity contribution in [3.63, 3.8) is 0 Å². The molecule has 172 valence electrons. The second kappa shape index (κ2) is 10.6. The highest BCUT2D eigenvalue weighted by atomic mass is 32.2. The van der Waals surface area contributed by atoms with Crippen LogP contribution in [0.2, 0.25) is 0 Å². The summed E-state index contributed by atoms with van der Waals surface area (Å²) in [6.07, 6.45) is 5.84. The third kappa shape index (κ3) is 5.61. The van der Waals surface area contributed by atoms with Crippen LogP contribution < -0.4 is 9.21 Å². The van der Waals surface area contributed by atoms with E-state index in [4.69, 9.17) is 0 Å². The van der Waals surface area contributed by atoms with Gasteiger partial charge in [0.1, 0.15) is 10.7 Å². The van der Waals surface area contributed by atoms with Crippen molar-refractivity contribution < 1.29 is 8.42 Å². The van der Waals surface area contributed by atoms with Gasteiger partial charge in [0.15, 0.2) is 0 Å². The van der Waals surface area contributed by atoms with Crippen LogP contribution in [0.5, 0.6) is 0 Å². The van der Waals surface area contributed by atoms with E-state index in [1.54, 1.807) is 18.2 Å². The highest BCUT2D eigenvalue weighted by Gasteiger charge is 2.24. The van der Waals surface area contributed by atoms with E-state index in [2.05, 4.69) is 39.1 Å². The van der Waals surface area contributed by atoms with Crippen LogP contribution in [0.15, 0.2) is 90.0 Å². The Morgan fingerprint density at radius 2 is 1.58 bits per heavy atom. The van der Waals surface area contributed by atoms with Crippen LogP contribution in [-0.4, -0.2) is 57.6 Å². The van der Waals surface area contributed by atoms with Crippen molar-refractivity contribution in [2.75, 3.05) is 48.5 Å². The molecule has 2 heterocycles. The zero-order valence-electron chi connectivity index (χ0n) is 18.9. The highest BCUT2D eigenvalue weighted by Crippen LogP contribution is 2.24. The van der Waals surface area contributed by atoms with Gasteiger partial charge in [-0.15, -0.1) is 0 Å². The number of hydrogen-bond acceptors (Lipinski definition) is 5. The third-order valence-corrected chi connectivity index (χ3v) is 7.70. The molecule has 0 spiro atoms. The van der Waals surface area contributed by atoms with Gasteiger partial charge in [-0.3, -0.25) is 9.21 Å². The molecule has 0 saturated carbocycles. The largest absolute Gasteiger partial charge is 0.354 e. The van der Waals surface area contributed by atoms with Gasteiger partial charge in [-0.2, -0.15) is 0 Å². The highest BCUT2D eigenvalue weighted by molar-refractivity contribution is 7.92. The zero-order chi connectivity index (χ0) is 23.1. The summed E-state index contributed by atoms with van der Waals surface area (Å²) in [6.45, 7) is 6.72. The lowest BCUT2D eigenvalue weighted by molar-refractivity contribution is 0.283. The van der Waals surface area contributed by atoms with Crippen molar-refractivity contribution in [3.8, 4) is 0 Å². The topological polar surface area (TPSA) is 56.8 Å². The summed E-state index contributed by atoms with van der Waals surface area (Å²) in [4.78, 5) is 9.32. The molecular formula is C26H30N4O2S. The van der Waals surface area contributed by atoms with Crippen LogP contribution in [0.4, 0.5) is 11.5 Å². The molecule has 1 fully saturated rings. The molecule has 1 saturated heterocycles. The first-order valence-electron chi connectivity index (χ1n) is 11.3. The van der Waals surface area contributed by atoms with E-state index >= 15 is 0 Å². The summed E-state index contributed by atoms with van der Waals surface area (Å²) >= 11 is 0. The number of benzene rings is 2. The molecule has 6 nitrogen and oxygen atoms in total. The molecule has 1 aliphatic heterocycles. The minimum atomic E-state index is -3.66. The van der Waals surface area contributed by atoms with Crippen LogP contribution in [0.3, 0.4) is 0 Å². The molecular weight excluding hydrogens is 432 g/mol. The van der Waals surface area contributed by atoms with Gasteiger partial charge in [0, 0.05) is 45.5 Å². The fourth-order valence-corrected chi connectivity index (χ4v) is 5.41. The average Bonchev–Trinajstić information content (AvgIpc) is 2.86. The van der Waals surface area contributed by atoms with Gasteiger partial charge in [0.05, 0.1) is 5.69 Å². The summed E-state index contributed by atoms with van der Waals surface area (Å²) < 4.78 is 27.7. The van der Waals surface area contributed by atoms with Gasteiger partial charge >= 0.3 is 0 Å². The van der Waals surface area contributed by atoms with Crippen molar-refractivity contribution >= 4 is 27.6 Å². The SMILES string of the molecule is CCN(c1ccccc1)S(=O)(=O)c1ccc(N2CCN(C/C=C/c3ccccc3)CC2)nc1. The van der Waals surface area contributed by atoms with E-state index in [-0.39, 0.29) is 4.90 Å². The van der Waals surface area contributed by atoms with Crippen LogP contribution in [0, 0.1) is 0 Å². The van der Waals surface area contributed by atoms with Gasteiger partial charge in [0.2, 0.25) is 0 Å². The summed E-state index contributed by atoms with van der Waals surface area (Å²) in [5.74, 6) is 0.816. The number of aromatic nitrogens is 1. The zero-order valence-corrected chi connectivity index (χ0v) is 19.7. The molecule has 0 aliphatic carbocycles. The first-order chi connectivity index (χ1) is 16.1. The number of anilines is 2. The number of para-hydroxylation sites is 1. The standard InChI is InChI=1S/C26H30N4O2S/c1-2-30(24-13-7-4-8-14-24)33(31,32)25-15-16-26(27-22-25)29-20-18-28(19-21-29)17-9-12-23-10-5-3-6-11-23/h3-16,22H,2,17-21H2,1H3/b12-9+. The molecule has 7 heteroatoms. The summed E-state index contributed by atoms with van der Waals surface area (Å²) in [7, 11) is -3.66. The molecule has 33 heavy (non-hydrogen) atoms. The van der Waals surface area contributed by atoms with E-state index in [1.807, 2.05) is 49.4 Å². The van der Waals surface area contributed by atoms with Crippen LogP contribution in [-0.2, 0) is 10.0 Å². The van der Waals surface area contributed by atoms with Crippen LogP contribution in [0.25, 0.3) is 6.08 Å². The predicted molar refractivity (Wildman–Crippen MR) is 135 cm³/mol. The lowest BCUT2D eigenvalue weighted by atomic mass is 10.2. The smallest absolute Gasteiger partial charge is 0.265 e. The Bertz CT molecular complexity index is 1140. The third-order valence-electron chi connectivity index (χ3n) is 5.81. The second-order valence-corrected chi connectivity index (χ2v) is 9.82. The molecule has 4 rings (SSSR count). The number of sulfonamides is 1. The first-order valence-corrected chi connectivity index (χ1v) is 12.7. The molecule has 1 aromatic heterocycles. The van der Waals surface area contributed by atoms with Gasteiger partial charge < -0.3 is 4.90 Å². The van der Waals surface area contributed by atoms with Crippen molar-refractivity contribution in [1.82, 2.24) is 9.88 Å². The average molecular weight is 463 g/mol. The van der Waals surface area contributed by atoms with Crippen LogP contribution >= 0.6 is 0 Å². The van der Waals surface area contributed by atoms with Gasteiger partial charge in [0.25, 0.3) is 10.0 Å². The number of nitrogens with zero attached hydrogens (tertiary/aromatic N) is 4. The molecule has 0 unspecified atom stereocenters. The van der Waals surface area contributed by atoms with Gasteiger partial charge in [-0.25, -0.2) is 13.4 Å². The Morgan fingerprint density at radius 3 is 2.18 bits per heavy atom. The predicted octanol–water partition coefficient (Wildman–Crippen LogP) is 4.13. The molecule has 0 radical (unpaired) electrons.